The highest BCUT2D eigenvalue weighted by molar-refractivity contribution is 7.89. The molecular formula is C34H43ClN2O6S. The van der Waals surface area contributed by atoms with E-state index in [0.29, 0.717) is 38.3 Å². The van der Waals surface area contributed by atoms with E-state index in [-0.39, 0.29) is 28.7 Å². The molecule has 8 nitrogen and oxygen atoms in total. The number of nitrogens with zero attached hydrogens (tertiary/aromatic N) is 1. The second-order valence-electron chi connectivity index (χ2n) is 13.4. The third-order valence-electron chi connectivity index (χ3n) is 10.7. The summed E-state index contributed by atoms with van der Waals surface area (Å²) in [6.45, 7) is 1.86. The van der Waals surface area contributed by atoms with E-state index in [1.54, 1.807) is 18.2 Å². The molecule has 4 aliphatic rings. The van der Waals surface area contributed by atoms with Gasteiger partial charge in [0.1, 0.15) is 5.75 Å². The lowest BCUT2D eigenvalue weighted by Crippen LogP contribution is -2.49. The number of primary sulfonamides is 1. The number of ether oxygens (including phenoxy) is 1. The van der Waals surface area contributed by atoms with Crippen LogP contribution in [0.5, 0.6) is 5.75 Å². The number of nitrogens with two attached hydrogens (primary N) is 1. The van der Waals surface area contributed by atoms with Gasteiger partial charge in [-0.1, -0.05) is 42.7 Å². The largest absolute Gasteiger partial charge is 0.490 e. The average molecular weight is 643 g/mol. The summed E-state index contributed by atoms with van der Waals surface area (Å²) < 4.78 is 30.7. The first-order chi connectivity index (χ1) is 21.0. The number of aromatic carboxylic acids is 1. The Morgan fingerprint density at radius 2 is 1.93 bits per heavy atom. The van der Waals surface area contributed by atoms with Gasteiger partial charge in [0.05, 0.1) is 29.2 Å². The van der Waals surface area contributed by atoms with E-state index in [2.05, 4.69) is 17.0 Å². The van der Waals surface area contributed by atoms with Crippen molar-refractivity contribution in [2.45, 2.75) is 81.0 Å². The first kappa shape index (κ1) is 31.4. The van der Waals surface area contributed by atoms with Crippen molar-refractivity contribution >= 4 is 33.3 Å². The van der Waals surface area contributed by atoms with E-state index in [1.807, 2.05) is 18.2 Å². The molecule has 0 radical (unpaired) electrons. The molecule has 6 atom stereocenters. The highest BCUT2D eigenvalue weighted by Gasteiger charge is 2.44. The third-order valence-corrected chi connectivity index (χ3v) is 12.4. The van der Waals surface area contributed by atoms with Gasteiger partial charge in [-0.3, -0.25) is 0 Å². The Hall–Kier alpha value is -2.59. The van der Waals surface area contributed by atoms with Crippen LogP contribution in [0.15, 0.2) is 48.6 Å². The van der Waals surface area contributed by atoms with Crippen molar-refractivity contribution < 1.29 is 28.2 Å². The lowest BCUT2D eigenvalue weighted by atomic mass is 9.68. The van der Waals surface area contributed by atoms with Gasteiger partial charge in [0.2, 0.25) is 10.0 Å². The van der Waals surface area contributed by atoms with Crippen LogP contribution < -0.4 is 14.8 Å². The van der Waals surface area contributed by atoms with Gasteiger partial charge in [-0.25, -0.2) is 18.4 Å². The number of aryl methyl sites for hydroxylation is 1. The number of aliphatic hydroxyl groups is 1. The lowest BCUT2D eigenvalue weighted by molar-refractivity contribution is 0.0455. The number of benzene rings is 2. The predicted molar refractivity (Wildman–Crippen MR) is 172 cm³/mol. The summed E-state index contributed by atoms with van der Waals surface area (Å²) in [6.07, 6.45) is 11.9. The number of hydrogen-bond acceptors (Lipinski definition) is 6. The summed E-state index contributed by atoms with van der Waals surface area (Å²) >= 11 is 6.37. The van der Waals surface area contributed by atoms with Gasteiger partial charge in [0.25, 0.3) is 0 Å². The zero-order chi connectivity index (χ0) is 31.1. The van der Waals surface area contributed by atoms with Crippen LogP contribution >= 0.6 is 11.6 Å². The fourth-order valence-corrected chi connectivity index (χ4v) is 9.69. The first-order valence-electron chi connectivity index (χ1n) is 15.9. The maximum atomic E-state index is 12.1. The molecule has 0 amide bonds. The minimum Gasteiger partial charge on any atom is -0.490 e. The van der Waals surface area contributed by atoms with Crippen molar-refractivity contribution in [1.29, 1.82) is 0 Å². The van der Waals surface area contributed by atoms with E-state index in [4.69, 9.17) is 21.5 Å². The molecule has 2 aromatic carbocycles. The SMILES string of the molecule is NS(=O)(=O)[C@@H]1CCCC[C@H]1C/C=C/C(O)[C@@H]1CC[C@H]1CN1C[C@@]2(CCCc3cc(Cl)ccc32)COc2ccc(C(=O)O)cc21. The number of rotatable bonds is 8. The molecule has 2 fully saturated rings. The van der Waals surface area contributed by atoms with Crippen molar-refractivity contribution in [3.8, 4) is 5.75 Å². The molecule has 10 heteroatoms. The molecule has 1 aliphatic heterocycles. The zero-order valence-corrected chi connectivity index (χ0v) is 26.6. The Morgan fingerprint density at radius 1 is 1.11 bits per heavy atom. The molecule has 1 heterocycles. The van der Waals surface area contributed by atoms with Crippen molar-refractivity contribution in [3.05, 3.63) is 70.3 Å². The van der Waals surface area contributed by atoms with E-state index < -0.39 is 27.3 Å². The Bertz CT molecular complexity index is 1530. The van der Waals surface area contributed by atoms with Crippen LogP contribution in [-0.2, 0) is 21.9 Å². The van der Waals surface area contributed by atoms with E-state index in [0.717, 1.165) is 62.1 Å². The Morgan fingerprint density at radius 3 is 2.68 bits per heavy atom. The molecule has 44 heavy (non-hydrogen) atoms. The molecule has 238 valence electrons. The molecule has 2 aromatic rings. The van der Waals surface area contributed by atoms with E-state index >= 15 is 0 Å². The number of carboxylic acid groups (broad SMARTS) is 1. The molecule has 6 rings (SSSR count). The monoisotopic (exact) mass is 642 g/mol. The maximum absolute atomic E-state index is 12.1. The fraction of sp³-hybridized carbons (Fsp3) is 0.559. The second-order valence-corrected chi connectivity index (χ2v) is 15.6. The summed E-state index contributed by atoms with van der Waals surface area (Å²) in [5.41, 5.74) is 3.23. The van der Waals surface area contributed by atoms with Crippen LogP contribution in [0.2, 0.25) is 5.02 Å². The molecular weight excluding hydrogens is 600 g/mol. The highest BCUT2D eigenvalue weighted by atomic mass is 35.5. The van der Waals surface area contributed by atoms with Crippen molar-refractivity contribution in [1.82, 2.24) is 0 Å². The highest BCUT2D eigenvalue weighted by Crippen LogP contribution is 2.46. The van der Waals surface area contributed by atoms with Gasteiger partial charge in [0, 0.05) is 23.5 Å². The van der Waals surface area contributed by atoms with Gasteiger partial charge in [-0.05, 0) is 111 Å². The van der Waals surface area contributed by atoms with Gasteiger partial charge >= 0.3 is 5.97 Å². The summed E-state index contributed by atoms with van der Waals surface area (Å²) in [4.78, 5) is 14.2. The van der Waals surface area contributed by atoms with E-state index in [1.165, 1.54) is 11.1 Å². The van der Waals surface area contributed by atoms with E-state index in [9.17, 15) is 23.4 Å². The maximum Gasteiger partial charge on any atom is 0.335 e. The van der Waals surface area contributed by atoms with Crippen LogP contribution in [0.25, 0.3) is 0 Å². The number of allylic oxidation sites excluding steroid dienone is 1. The average Bonchev–Trinajstić information content (AvgIpc) is 3.12. The smallest absolute Gasteiger partial charge is 0.335 e. The first-order valence-corrected chi connectivity index (χ1v) is 17.9. The van der Waals surface area contributed by atoms with Gasteiger partial charge in [0.15, 0.2) is 0 Å². The minimum absolute atomic E-state index is 0.0131. The third kappa shape index (κ3) is 6.39. The number of aliphatic hydroxyl groups excluding tert-OH is 1. The van der Waals surface area contributed by atoms with Crippen LogP contribution in [0.1, 0.15) is 79.3 Å². The normalized spacial score (nSPS) is 29.3. The molecule has 1 unspecified atom stereocenters. The molecule has 4 N–H and O–H groups in total. The standard InChI is InChI=1S/C34H43ClN2O6S/c35-26-12-14-28-23(17-26)7-4-16-34(28)20-37(29-18-24(33(39)40)11-15-31(29)43-21-34)19-25-10-13-27(25)30(38)8-3-6-22-5-1-2-9-32(22)44(36,41)42/h3,8,11-12,14-15,17-18,22,25,27,30,32,38H,1-2,4-7,9-10,13,16,19-21H2,(H,39,40)(H2,36,41,42)/b8-3+/t22-,25-,27+,30?,32+,34-/m0/s1. The summed E-state index contributed by atoms with van der Waals surface area (Å²) in [7, 11) is -3.58. The topological polar surface area (TPSA) is 130 Å². The number of carbonyl (C=O) groups is 1. The number of fused-ring (bicyclic) bond motifs is 3. The minimum atomic E-state index is -3.58. The number of sulfonamides is 1. The predicted octanol–water partition coefficient (Wildman–Crippen LogP) is 5.69. The van der Waals surface area contributed by atoms with Crippen LogP contribution in [0, 0.1) is 17.8 Å². The second kappa shape index (κ2) is 12.7. The van der Waals surface area contributed by atoms with Crippen molar-refractivity contribution in [2.75, 3.05) is 24.6 Å². The number of carboxylic acids is 1. The van der Waals surface area contributed by atoms with Crippen LogP contribution in [-0.4, -0.2) is 55.7 Å². The summed E-state index contributed by atoms with van der Waals surface area (Å²) in [5.74, 6) is -0.0299. The van der Waals surface area contributed by atoms with Gasteiger partial charge in [-0.15, -0.1) is 0 Å². The summed E-state index contributed by atoms with van der Waals surface area (Å²) in [5, 5.41) is 26.7. The lowest BCUT2D eigenvalue weighted by Gasteiger charge is -2.45. The molecule has 1 spiro atoms. The molecule has 2 saturated carbocycles. The van der Waals surface area contributed by atoms with Crippen molar-refractivity contribution in [2.24, 2.45) is 22.9 Å². The van der Waals surface area contributed by atoms with Gasteiger partial charge < -0.3 is 19.8 Å². The molecule has 0 aromatic heterocycles. The summed E-state index contributed by atoms with van der Waals surface area (Å²) in [6, 6.07) is 11.2. The zero-order valence-electron chi connectivity index (χ0n) is 25.0. The Labute approximate surface area is 265 Å². The number of hydrogen-bond donors (Lipinski definition) is 3. The van der Waals surface area contributed by atoms with Gasteiger partial charge in [-0.2, -0.15) is 0 Å². The fourth-order valence-electron chi connectivity index (χ4n) is 8.21. The van der Waals surface area contributed by atoms with Crippen LogP contribution in [0.4, 0.5) is 5.69 Å². The number of halogens is 1. The molecule has 3 aliphatic carbocycles. The Balaban J connectivity index is 1.22. The Kier molecular flexibility index (Phi) is 9.03. The number of anilines is 1. The molecule has 0 saturated heterocycles. The quantitative estimate of drug-likeness (QED) is 0.315. The van der Waals surface area contributed by atoms with Crippen molar-refractivity contribution in [3.63, 3.8) is 0 Å². The molecule has 0 bridgehead atoms. The van der Waals surface area contributed by atoms with Crippen LogP contribution in [0.3, 0.4) is 0 Å².